The van der Waals surface area contributed by atoms with Gasteiger partial charge >= 0.3 is 0 Å². The van der Waals surface area contributed by atoms with Crippen molar-refractivity contribution < 1.29 is 9.47 Å². The summed E-state index contributed by atoms with van der Waals surface area (Å²) in [4.78, 5) is 0. The fourth-order valence-corrected chi connectivity index (χ4v) is 1.54. The van der Waals surface area contributed by atoms with Gasteiger partial charge in [0.2, 0.25) is 0 Å². The van der Waals surface area contributed by atoms with Gasteiger partial charge in [0.25, 0.3) is 0 Å². The molecule has 0 atom stereocenters. The van der Waals surface area contributed by atoms with E-state index in [1.54, 1.807) is 0 Å². The summed E-state index contributed by atoms with van der Waals surface area (Å²) in [6.07, 6.45) is 4.94. The first-order valence-corrected chi connectivity index (χ1v) is 6.22. The number of hydrogen-bond acceptors (Lipinski definition) is 2. The molecule has 16 heavy (non-hydrogen) atoms. The molecule has 0 aliphatic heterocycles. The fourth-order valence-electron chi connectivity index (χ4n) is 1.54. The average molecular weight is 222 g/mol. The maximum Gasteiger partial charge on any atom is 0.122 e. The van der Waals surface area contributed by atoms with E-state index in [1.807, 2.05) is 31.2 Å². The van der Waals surface area contributed by atoms with Crippen LogP contribution in [0.4, 0.5) is 0 Å². The van der Waals surface area contributed by atoms with Gasteiger partial charge in [-0.25, -0.2) is 0 Å². The second-order valence-electron chi connectivity index (χ2n) is 3.82. The molecule has 0 saturated heterocycles. The van der Waals surface area contributed by atoms with E-state index in [2.05, 4.69) is 6.92 Å². The molecule has 0 unspecified atom stereocenters. The maximum absolute atomic E-state index is 5.66. The van der Waals surface area contributed by atoms with Crippen LogP contribution in [0.2, 0.25) is 0 Å². The minimum Gasteiger partial charge on any atom is -0.494 e. The van der Waals surface area contributed by atoms with Gasteiger partial charge in [-0.15, -0.1) is 0 Å². The van der Waals surface area contributed by atoms with E-state index in [0.717, 1.165) is 24.5 Å². The molecule has 2 nitrogen and oxygen atoms in total. The van der Waals surface area contributed by atoms with Crippen molar-refractivity contribution in [3.8, 4) is 11.5 Å². The number of benzene rings is 1. The normalized spacial score (nSPS) is 10.1. The van der Waals surface area contributed by atoms with Crippen LogP contribution >= 0.6 is 0 Å². The molecule has 90 valence electrons. The van der Waals surface area contributed by atoms with Crippen LogP contribution in [0.25, 0.3) is 0 Å². The molecule has 0 aliphatic carbocycles. The molecular formula is C14H22O2. The highest BCUT2D eigenvalue weighted by Crippen LogP contribution is 2.19. The van der Waals surface area contributed by atoms with E-state index in [4.69, 9.17) is 9.47 Å². The molecule has 1 aromatic rings. The van der Waals surface area contributed by atoms with Crippen molar-refractivity contribution in [2.24, 2.45) is 0 Å². The Morgan fingerprint density at radius 3 is 2.38 bits per heavy atom. The Balaban J connectivity index is 2.27. The van der Waals surface area contributed by atoms with Gasteiger partial charge in [-0.1, -0.05) is 32.3 Å². The predicted octanol–water partition coefficient (Wildman–Crippen LogP) is 4.04. The SMILES string of the molecule is CCCCCCOc1cccc(OCC)c1. The lowest BCUT2D eigenvalue weighted by atomic mass is 10.2. The molecule has 0 heterocycles. The molecule has 0 fully saturated rings. The van der Waals surface area contributed by atoms with Crippen molar-refractivity contribution >= 4 is 0 Å². The molecule has 0 saturated carbocycles. The van der Waals surface area contributed by atoms with Crippen molar-refractivity contribution in [1.82, 2.24) is 0 Å². The molecule has 0 spiro atoms. The van der Waals surface area contributed by atoms with Crippen molar-refractivity contribution in [2.75, 3.05) is 13.2 Å². The second-order valence-corrected chi connectivity index (χ2v) is 3.82. The largest absolute Gasteiger partial charge is 0.494 e. The summed E-state index contributed by atoms with van der Waals surface area (Å²) in [5, 5.41) is 0. The molecule has 0 bridgehead atoms. The van der Waals surface area contributed by atoms with Crippen LogP contribution in [0, 0.1) is 0 Å². The van der Waals surface area contributed by atoms with Crippen molar-refractivity contribution in [3.05, 3.63) is 24.3 Å². The summed E-state index contributed by atoms with van der Waals surface area (Å²) in [7, 11) is 0. The van der Waals surface area contributed by atoms with Gasteiger partial charge in [-0.3, -0.25) is 0 Å². The van der Waals surface area contributed by atoms with Crippen LogP contribution in [0.5, 0.6) is 11.5 Å². The Bertz CT molecular complexity index is 284. The molecular weight excluding hydrogens is 200 g/mol. The molecule has 0 N–H and O–H groups in total. The Morgan fingerprint density at radius 1 is 0.938 bits per heavy atom. The van der Waals surface area contributed by atoms with Crippen LogP contribution in [0.3, 0.4) is 0 Å². The van der Waals surface area contributed by atoms with Crippen molar-refractivity contribution in [1.29, 1.82) is 0 Å². The highest BCUT2D eigenvalue weighted by atomic mass is 16.5. The zero-order valence-electron chi connectivity index (χ0n) is 10.4. The Labute approximate surface area is 98.6 Å². The lowest BCUT2D eigenvalue weighted by Gasteiger charge is -2.08. The van der Waals surface area contributed by atoms with Crippen LogP contribution in [-0.2, 0) is 0 Å². The number of rotatable bonds is 8. The van der Waals surface area contributed by atoms with Crippen LogP contribution in [0.1, 0.15) is 39.5 Å². The third-order valence-corrected chi connectivity index (χ3v) is 2.38. The zero-order valence-corrected chi connectivity index (χ0v) is 10.4. The molecule has 0 aliphatic rings. The zero-order chi connectivity index (χ0) is 11.6. The lowest BCUT2D eigenvalue weighted by molar-refractivity contribution is 0.299. The number of ether oxygens (including phenoxy) is 2. The van der Waals surface area contributed by atoms with Gasteiger partial charge in [-0.2, -0.15) is 0 Å². The molecule has 0 aromatic heterocycles. The first-order chi connectivity index (χ1) is 7.86. The van der Waals surface area contributed by atoms with Crippen molar-refractivity contribution in [2.45, 2.75) is 39.5 Å². The van der Waals surface area contributed by atoms with E-state index < -0.39 is 0 Å². The minimum atomic E-state index is 0.694. The summed E-state index contributed by atoms with van der Waals surface area (Å²) in [6.45, 7) is 5.69. The van der Waals surface area contributed by atoms with E-state index in [-0.39, 0.29) is 0 Å². The molecule has 1 aromatic carbocycles. The Hall–Kier alpha value is -1.18. The van der Waals surface area contributed by atoms with Gasteiger partial charge < -0.3 is 9.47 Å². The Kier molecular flexibility index (Phi) is 6.47. The monoisotopic (exact) mass is 222 g/mol. The van der Waals surface area contributed by atoms with Gasteiger partial charge in [0.1, 0.15) is 11.5 Å². The first kappa shape index (κ1) is 12.9. The second kappa shape index (κ2) is 8.03. The van der Waals surface area contributed by atoms with E-state index >= 15 is 0 Å². The standard InChI is InChI=1S/C14H22O2/c1-3-5-6-7-11-16-14-10-8-9-13(12-14)15-4-2/h8-10,12H,3-7,11H2,1-2H3. The summed E-state index contributed by atoms with van der Waals surface area (Å²) < 4.78 is 11.1. The van der Waals surface area contributed by atoms with Gasteiger partial charge in [0.15, 0.2) is 0 Å². The van der Waals surface area contributed by atoms with E-state index in [9.17, 15) is 0 Å². The van der Waals surface area contributed by atoms with Gasteiger partial charge in [0.05, 0.1) is 13.2 Å². The van der Waals surface area contributed by atoms with Crippen LogP contribution in [-0.4, -0.2) is 13.2 Å². The molecule has 1 rings (SSSR count). The minimum absolute atomic E-state index is 0.694. The third kappa shape index (κ3) is 5.06. The third-order valence-electron chi connectivity index (χ3n) is 2.38. The van der Waals surface area contributed by atoms with Gasteiger partial charge in [-0.05, 0) is 25.5 Å². The van der Waals surface area contributed by atoms with E-state index in [0.29, 0.717) is 6.61 Å². The Morgan fingerprint density at radius 2 is 1.69 bits per heavy atom. The molecule has 0 radical (unpaired) electrons. The fraction of sp³-hybridized carbons (Fsp3) is 0.571. The predicted molar refractivity (Wildman–Crippen MR) is 67.2 cm³/mol. The lowest BCUT2D eigenvalue weighted by Crippen LogP contribution is -1.98. The quantitative estimate of drug-likeness (QED) is 0.618. The summed E-state index contributed by atoms with van der Waals surface area (Å²) in [5.74, 6) is 1.79. The first-order valence-electron chi connectivity index (χ1n) is 6.22. The van der Waals surface area contributed by atoms with Crippen LogP contribution < -0.4 is 9.47 Å². The summed E-state index contributed by atoms with van der Waals surface area (Å²) in [6, 6.07) is 7.84. The highest BCUT2D eigenvalue weighted by Gasteiger charge is 1.97. The maximum atomic E-state index is 5.66. The summed E-state index contributed by atoms with van der Waals surface area (Å²) in [5.41, 5.74) is 0. The molecule has 2 heteroatoms. The summed E-state index contributed by atoms with van der Waals surface area (Å²) >= 11 is 0. The highest BCUT2D eigenvalue weighted by molar-refractivity contribution is 5.32. The van der Waals surface area contributed by atoms with Crippen LogP contribution in [0.15, 0.2) is 24.3 Å². The smallest absolute Gasteiger partial charge is 0.122 e. The van der Waals surface area contributed by atoms with Gasteiger partial charge in [0, 0.05) is 6.07 Å². The molecule has 0 amide bonds. The van der Waals surface area contributed by atoms with E-state index in [1.165, 1.54) is 19.3 Å². The number of unbranched alkanes of at least 4 members (excludes halogenated alkanes) is 3. The van der Waals surface area contributed by atoms with Crippen molar-refractivity contribution in [3.63, 3.8) is 0 Å². The number of hydrogen-bond donors (Lipinski definition) is 0. The average Bonchev–Trinajstić information content (AvgIpc) is 2.30. The topological polar surface area (TPSA) is 18.5 Å².